The Hall–Kier alpha value is -0.800. The molecule has 0 fully saturated rings. The predicted octanol–water partition coefficient (Wildman–Crippen LogP) is 4.46. The molecule has 0 bridgehead atoms. The van der Waals surface area contributed by atoms with Crippen molar-refractivity contribution in [3.63, 3.8) is 0 Å². The normalized spacial score (nSPS) is 18.5. The molecule has 1 atom stereocenters. The lowest BCUT2D eigenvalue weighted by molar-refractivity contribution is 0.676. The summed E-state index contributed by atoms with van der Waals surface area (Å²) >= 11 is 5.34. The molecule has 1 aromatic carbocycles. The first kappa shape index (κ1) is 11.3. The van der Waals surface area contributed by atoms with E-state index in [2.05, 4.69) is 63.5 Å². The fourth-order valence-corrected chi connectivity index (χ4v) is 3.92. The van der Waals surface area contributed by atoms with Crippen molar-refractivity contribution in [2.75, 3.05) is 4.90 Å². The monoisotopic (exact) mass is 307 g/mol. The number of para-hydroxylation sites is 1. The molecule has 17 heavy (non-hydrogen) atoms. The van der Waals surface area contributed by atoms with Crippen molar-refractivity contribution in [1.82, 2.24) is 0 Å². The van der Waals surface area contributed by atoms with Gasteiger partial charge < -0.3 is 4.90 Å². The molecular weight excluding hydrogens is 294 g/mol. The van der Waals surface area contributed by atoms with Crippen molar-refractivity contribution in [3.8, 4) is 0 Å². The summed E-state index contributed by atoms with van der Waals surface area (Å²) in [5, 5.41) is 2.15. The summed E-state index contributed by atoms with van der Waals surface area (Å²) in [7, 11) is 0. The maximum atomic E-state index is 3.52. The van der Waals surface area contributed by atoms with E-state index >= 15 is 0 Å². The van der Waals surface area contributed by atoms with E-state index in [0.29, 0.717) is 6.04 Å². The molecule has 88 valence electrons. The number of hydrogen-bond donors (Lipinski definition) is 0. The highest BCUT2D eigenvalue weighted by Gasteiger charge is 2.25. The van der Waals surface area contributed by atoms with Gasteiger partial charge in [-0.2, -0.15) is 0 Å². The summed E-state index contributed by atoms with van der Waals surface area (Å²) in [5.41, 5.74) is 2.89. The maximum Gasteiger partial charge on any atom is 0.0526 e. The van der Waals surface area contributed by atoms with E-state index in [4.69, 9.17) is 0 Å². The zero-order valence-electron chi connectivity index (χ0n) is 9.69. The largest absolute Gasteiger partial charge is 0.363 e. The number of benzene rings is 1. The van der Waals surface area contributed by atoms with Gasteiger partial charge in [-0.05, 0) is 47.0 Å². The molecule has 2 heterocycles. The van der Waals surface area contributed by atoms with Crippen LogP contribution in [0.5, 0.6) is 0 Å². The second-order valence-corrected chi connectivity index (χ2v) is 6.45. The van der Waals surface area contributed by atoms with E-state index in [1.54, 1.807) is 0 Å². The standard InChI is InChI=1S/C14H14BrNS/c1-10-6-11-4-2-3-5-14(11)16(10)8-13-7-12(15)9-17-13/h2-5,7,9-10H,6,8H2,1H3. The van der Waals surface area contributed by atoms with Crippen molar-refractivity contribution in [2.24, 2.45) is 0 Å². The molecule has 0 radical (unpaired) electrons. The van der Waals surface area contributed by atoms with Gasteiger partial charge in [0.2, 0.25) is 0 Å². The third-order valence-corrected chi connectivity index (χ3v) is 4.98. The Balaban J connectivity index is 1.88. The third kappa shape index (κ3) is 2.14. The summed E-state index contributed by atoms with van der Waals surface area (Å²) in [5.74, 6) is 0. The first-order valence-corrected chi connectivity index (χ1v) is 7.49. The highest BCUT2D eigenvalue weighted by molar-refractivity contribution is 9.10. The van der Waals surface area contributed by atoms with Gasteiger partial charge in [0, 0.05) is 26.5 Å². The van der Waals surface area contributed by atoms with Crippen molar-refractivity contribution in [2.45, 2.75) is 25.9 Å². The lowest BCUT2D eigenvalue weighted by atomic mass is 10.1. The van der Waals surface area contributed by atoms with Gasteiger partial charge in [-0.25, -0.2) is 0 Å². The molecule has 0 aliphatic carbocycles. The van der Waals surface area contributed by atoms with Gasteiger partial charge in [0.05, 0.1) is 6.54 Å². The molecule has 3 rings (SSSR count). The molecule has 0 saturated heterocycles. The Labute approximate surface area is 114 Å². The second kappa shape index (κ2) is 4.46. The van der Waals surface area contributed by atoms with E-state index in [1.165, 1.54) is 27.0 Å². The smallest absolute Gasteiger partial charge is 0.0526 e. The lowest BCUT2D eigenvalue weighted by Crippen LogP contribution is -2.28. The molecule has 1 nitrogen and oxygen atoms in total. The van der Waals surface area contributed by atoms with Gasteiger partial charge in [0.25, 0.3) is 0 Å². The van der Waals surface area contributed by atoms with Crippen molar-refractivity contribution in [1.29, 1.82) is 0 Å². The Morgan fingerprint density at radius 2 is 2.24 bits per heavy atom. The zero-order chi connectivity index (χ0) is 11.8. The van der Waals surface area contributed by atoms with Crippen LogP contribution < -0.4 is 4.90 Å². The highest BCUT2D eigenvalue weighted by atomic mass is 79.9. The van der Waals surface area contributed by atoms with E-state index in [-0.39, 0.29) is 0 Å². The predicted molar refractivity (Wildman–Crippen MR) is 77.8 cm³/mol. The average Bonchev–Trinajstić information content (AvgIpc) is 2.85. The van der Waals surface area contributed by atoms with Gasteiger partial charge in [0.1, 0.15) is 0 Å². The van der Waals surface area contributed by atoms with Crippen LogP contribution in [0.15, 0.2) is 40.2 Å². The van der Waals surface area contributed by atoms with E-state index in [9.17, 15) is 0 Å². The van der Waals surface area contributed by atoms with Crippen molar-refractivity contribution < 1.29 is 0 Å². The van der Waals surface area contributed by atoms with Crippen LogP contribution in [0.3, 0.4) is 0 Å². The molecule has 1 aromatic heterocycles. The molecule has 0 saturated carbocycles. The van der Waals surface area contributed by atoms with Crippen LogP contribution in [-0.4, -0.2) is 6.04 Å². The molecule has 1 aliphatic rings. The van der Waals surface area contributed by atoms with Gasteiger partial charge >= 0.3 is 0 Å². The highest BCUT2D eigenvalue weighted by Crippen LogP contribution is 2.34. The first-order valence-electron chi connectivity index (χ1n) is 5.81. The Bertz CT molecular complexity index is 535. The van der Waals surface area contributed by atoms with Crippen LogP contribution in [0.25, 0.3) is 0 Å². The first-order chi connectivity index (χ1) is 8.24. The lowest BCUT2D eigenvalue weighted by Gasteiger charge is -2.24. The molecule has 2 aromatic rings. The minimum atomic E-state index is 0.605. The maximum absolute atomic E-state index is 3.52. The Morgan fingerprint density at radius 1 is 1.41 bits per heavy atom. The summed E-state index contributed by atoms with van der Waals surface area (Å²) in [6, 6.07) is 11.6. The fraction of sp³-hybridized carbons (Fsp3) is 0.286. The number of hydrogen-bond acceptors (Lipinski definition) is 2. The minimum absolute atomic E-state index is 0.605. The van der Waals surface area contributed by atoms with Crippen molar-refractivity contribution >= 4 is 33.0 Å². The Kier molecular flexibility index (Phi) is 2.97. The third-order valence-electron chi connectivity index (χ3n) is 3.30. The number of anilines is 1. The number of nitrogens with zero attached hydrogens (tertiary/aromatic N) is 1. The molecule has 1 unspecified atom stereocenters. The van der Waals surface area contributed by atoms with E-state index < -0.39 is 0 Å². The average molecular weight is 308 g/mol. The summed E-state index contributed by atoms with van der Waals surface area (Å²) in [6.45, 7) is 3.33. The topological polar surface area (TPSA) is 3.24 Å². The zero-order valence-corrected chi connectivity index (χ0v) is 12.1. The molecule has 3 heteroatoms. The number of thiophene rings is 1. The molecule has 0 amide bonds. The number of fused-ring (bicyclic) bond motifs is 1. The second-order valence-electron chi connectivity index (χ2n) is 4.54. The fourth-order valence-electron chi connectivity index (χ4n) is 2.48. The molecule has 0 spiro atoms. The summed E-state index contributed by atoms with van der Waals surface area (Å²) in [6.07, 6.45) is 1.17. The number of rotatable bonds is 2. The summed E-state index contributed by atoms with van der Waals surface area (Å²) in [4.78, 5) is 3.92. The molecule has 0 N–H and O–H groups in total. The van der Waals surface area contributed by atoms with E-state index in [1.807, 2.05) is 11.3 Å². The molecular formula is C14H14BrNS. The van der Waals surface area contributed by atoms with Crippen LogP contribution in [0.2, 0.25) is 0 Å². The van der Waals surface area contributed by atoms with Gasteiger partial charge in [-0.15, -0.1) is 11.3 Å². The van der Waals surface area contributed by atoms with Gasteiger partial charge in [-0.1, -0.05) is 18.2 Å². The Morgan fingerprint density at radius 3 is 3.00 bits per heavy atom. The quantitative estimate of drug-likeness (QED) is 0.791. The summed E-state index contributed by atoms with van der Waals surface area (Å²) < 4.78 is 1.19. The number of halogens is 1. The molecule has 1 aliphatic heterocycles. The van der Waals surface area contributed by atoms with Crippen molar-refractivity contribution in [3.05, 3.63) is 50.6 Å². The van der Waals surface area contributed by atoms with E-state index in [0.717, 1.165) is 6.54 Å². The SMILES string of the molecule is CC1Cc2ccccc2N1Cc1cc(Br)cs1. The van der Waals surface area contributed by atoms with Crippen LogP contribution in [0.1, 0.15) is 17.4 Å². The van der Waals surface area contributed by atoms with Crippen LogP contribution in [0, 0.1) is 0 Å². The van der Waals surface area contributed by atoms with Crippen LogP contribution >= 0.6 is 27.3 Å². The van der Waals surface area contributed by atoms with Gasteiger partial charge in [0.15, 0.2) is 0 Å². The minimum Gasteiger partial charge on any atom is -0.363 e. The van der Waals surface area contributed by atoms with Crippen LogP contribution in [-0.2, 0) is 13.0 Å². The van der Waals surface area contributed by atoms with Gasteiger partial charge in [-0.3, -0.25) is 0 Å². The van der Waals surface area contributed by atoms with Crippen LogP contribution in [0.4, 0.5) is 5.69 Å².